The van der Waals surface area contributed by atoms with Crippen LogP contribution in [0.4, 0.5) is 0 Å². The van der Waals surface area contributed by atoms with E-state index < -0.39 is 5.92 Å². The first-order chi connectivity index (χ1) is 16.7. The van der Waals surface area contributed by atoms with Crippen molar-refractivity contribution in [3.63, 3.8) is 0 Å². The van der Waals surface area contributed by atoms with Crippen molar-refractivity contribution in [2.45, 2.75) is 25.2 Å². The largest absolute Gasteiger partial charge is 0.493 e. The average molecular weight is 455 g/mol. The lowest BCUT2D eigenvalue weighted by molar-refractivity contribution is -0.116. The Balaban J connectivity index is 1.61. The molecule has 170 valence electrons. The van der Waals surface area contributed by atoms with Crippen LogP contribution in [0.1, 0.15) is 36.3 Å². The Kier molecular flexibility index (Phi) is 4.75. The van der Waals surface area contributed by atoms with Crippen LogP contribution in [0.5, 0.6) is 17.4 Å². The van der Waals surface area contributed by atoms with Crippen molar-refractivity contribution in [2.75, 3.05) is 14.2 Å². The van der Waals surface area contributed by atoms with Crippen LogP contribution in [0.2, 0.25) is 0 Å². The molecule has 4 heterocycles. The summed E-state index contributed by atoms with van der Waals surface area (Å²) in [4.78, 5) is 26.9. The fourth-order valence-corrected chi connectivity index (χ4v) is 4.69. The molecule has 1 aromatic carbocycles. The number of methoxy groups -OCH3 is 2. The molecule has 0 saturated carbocycles. The molecule has 3 aromatic heterocycles. The highest BCUT2D eigenvalue weighted by atomic mass is 16.5. The number of carbonyl (C=O) groups excluding carboxylic acids is 1. The fourth-order valence-electron chi connectivity index (χ4n) is 4.69. The standard InChI is InChI=1S/C25H21N5O4/c1-32-17-10-9-14(12-19(17)33-2)20-21-16(31)7-5-8-18(21)34-25-22(20)24-28-23(29-30(24)13-27-25)15-6-3-4-11-26-15/h3-4,6,9-13,20H,5,7-8H2,1-2H3/t20-/m1/s1. The van der Waals surface area contributed by atoms with Gasteiger partial charge in [-0.1, -0.05) is 12.1 Å². The number of rotatable bonds is 4. The van der Waals surface area contributed by atoms with Gasteiger partial charge < -0.3 is 14.2 Å². The van der Waals surface area contributed by atoms with Gasteiger partial charge in [0, 0.05) is 24.6 Å². The first-order valence-corrected chi connectivity index (χ1v) is 11.0. The summed E-state index contributed by atoms with van der Waals surface area (Å²) in [7, 11) is 3.18. The number of hydrogen-bond acceptors (Lipinski definition) is 8. The summed E-state index contributed by atoms with van der Waals surface area (Å²) in [6.45, 7) is 0. The quantitative estimate of drug-likeness (QED) is 0.459. The number of allylic oxidation sites excluding steroid dienone is 2. The molecule has 1 atom stereocenters. The first kappa shape index (κ1) is 20.3. The maximum absolute atomic E-state index is 13.2. The highest BCUT2D eigenvalue weighted by Gasteiger charge is 2.40. The monoisotopic (exact) mass is 455 g/mol. The van der Waals surface area contributed by atoms with E-state index in [1.165, 1.54) is 0 Å². The van der Waals surface area contributed by atoms with Gasteiger partial charge in [0.2, 0.25) is 11.7 Å². The second-order valence-electron chi connectivity index (χ2n) is 8.15. The molecule has 9 heteroatoms. The van der Waals surface area contributed by atoms with Crippen molar-refractivity contribution in [1.82, 2.24) is 24.6 Å². The molecule has 0 bridgehead atoms. The minimum absolute atomic E-state index is 0.0677. The lowest BCUT2D eigenvalue weighted by Crippen LogP contribution is -2.26. The van der Waals surface area contributed by atoms with Crippen LogP contribution in [0.25, 0.3) is 17.2 Å². The minimum Gasteiger partial charge on any atom is -0.493 e. The third-order valence-electron chi connectivity index (χ3n) is 6.23. The Morgan fingerprint density at radius 2 is 1.94 bits per heavy atom. The number of aromatic nitrogens is 5. The van der Waals surface area contributed by atoms with E-state index in [0.29, 0.717) is 64.3 Å². The van der Waals surface area contributed by atoms with E-state index in [1.807, 2.05) is 36.4 Å². The van der Waals surface area contributed by atoms with Crippen molar-refractivity contribution in [3.05, 3.63) is 71.4 Å². The van der Waals surface area contributed by atoms with E-state index in [2.05, 4.69) is 15.1 Å². The number of hydrogen-bond donors (Lipinski definition) is 0. The van der Waals surface area contributed by atoms with Crippen molar-refractivity contribution < 1.29 is 19.0 Å². The smallest absolute Gasteiger partial charge is 0.228 e. The van der Waals surface area contributed by atoms with Crippen LogP contribution in [-0.4, -0.2) is 44.6 Å². The van der Waals surface area contributed by atoms with Gasteiger partial charge >= 0.3 is 0 Å². The highest BCUT2D eigenvalue weighted by Crippen LogP contribution is 2.48. The molecule has 4 aromatic rings. The van der Waals surface area contributed by atoms with E-state index >= 15 is 0 Å². The summed E-state index contributed by atoms with van der Waals surface area (Å²) in [5.41, 5.74) is 3.41. The second-order valence-corrected chi connectivity index (χ2v) is 8.15. The predicted molar refractivity (Wildman–Crippen MR) is 122 cm³/mol. The third-order valence-corrected chi connectivity index (χ3v) is 6.23. The maximum Gasteiger partial charge on any atom is 0.228 e. The molecule has 1 aliphatic carbocycles. The molecule has 2 aliphatic rings. The summed E-state index contributed by atoms with van der Waals surface area (Å²) in [6, 6.07) is 11.2. The zero-order chi connectivity index (χ0) is 23.2. The molecule has 0 fully saturated rings. The Morgan fingerprint density at radius 1 is 1.06 bits per heavy atom. The Bertz CT molecular complexity index is 1460. The Labute approximate surface area is 195 Å². The van der Waals surface area contributed by atoms with Crippen LogP contribution in [0.3, 0.4) is 0 Å². The van der Waals surface area contributed by atoms with E-state index in [0.717, 1.165) is 12.0 Å². The molecule has 0 N–H and O–H groups in total. The van der Waals surface area contributed by atoms with E-state index in [9.17, 15) is 4.79 Å². The van der Waals surface area contributed by atoms with E-state index in [4.69, 9.17) is 19.2 Å². The zero-order valence-electron chi connectivity index (χ0n) is 18.7. The number of ketones is 1. The van der Waals surface area contributed by atoms with Crippen LogP contribution in [-0.2, 0) is 4.79 Å². The van der Waals surface area contributed by atoms with Gasteiger partial charge in [-0.15, -0.1) is 5.10 Å². The van der Waals surface area contributed by atoms with E-state index in [1.54, 1.807) is 31.3 Å². The SMILES string of the molecule is COc1ccc([C@@H]2C3=C(CCCC3=O)Oc3ncn4nc(-c5ccccn5)nc4c32)cc1OC. The topological polar surface area (TPSA) is 101 Å². The molecule has 9 nitrogen and oxygen atoms in total. The Morgan fingerprint density at radius 3 is 2.74 bits per heavy atom. The fraction of sp³-hybridized carbons (Fsp3) is 0.240. The van der Waals surface area contributed by atoms with Gasteiger partial charge in [-0.05, 0) is 36.2 Å². The van der Waals surface area contributed by atoms with Gasteiger partial charge in [0.15, 0.2) is 22.9 Å². The molecule has 6 rings (SSSR count). The molecular weight excluding hydrogens is 434 g/mol. The molecule has 0 saturated heterocycles. The molecule has 34 heavy (non-hydrogen) atoms. The van der Waals surface area contributed by atoms with Crippen LogP contribution >= 0.6 is 0 Å². The van der Waals surface area contributed by atoms with Crippen molar-refractivity contribution >= 4 is 11.4 Å². The molecular formula is C25H21N5O4. The number of pyridine rings is 1. The highest BCUT2D eigenvalue weighted by molar-refractivity contribution is 6.00. The molecule has 1 aliphatic heterocycles. The van der Waals surface area contributed by atoms with Gasteiger partial charge in [-0.2, -0.15) is 0 Å². The van der Waals surface area contributed by atoms with Gasteiger partial charge in [0.25, 0.3) is 0 Å². The summed E-state index contributed by atoms with van der Waals surface area (Å²) in [5, 5.41) is 4.58. The summed E-state index contributed by atoms with van der Waals surface area (Å²) in [6.07, 6.45) is 5.19. The molecule has 0 radical (unpaired) electrons. The number of carbonyl (C=O) groups is 1. The van der Waals surface area contributed by atoms with Gasteiger partial charge in [0.1, 0.15) is 17.8 Å². The number of benzene rings is 1. The average Bonchev–Trinajstić information content (AvgIpc) is 3.32. The van der Waals surface area contributed by atoms with Crippen LogP contribution < -0.4 is 14.2 Å². The number of Topliss-reactive ketones (excluding diaryl/α,β-unsaturated/α-hetero) is 1. The summed E-state index contributed by atoms with van der Waals surface area (Å²) >= 11 is 0. The summed E-state index contributed by atoms with van der Waals surface area (Å²) in [5.74, 6) is 2.40. The lowest BCUT2D eigenvalue weighted by Gasteiger charge is -2.32. The zero-order valence-corrected chi connectivity index (χ0v) is 18.7. The van der Waals surface area contributed by atoms with Gasteiger partial charge in [-0.3, -0.25) is 9.78 Å². The summed E-state index contributed by atoms with van der Waals surface area (Å²) < 4.78 is 18.8. The van der Waals surface area contributed by atoms with Crippen molar-refractivity contribution in [1.29, 1.82) is 0 Å². The van der Waals surface area contributed by atoms with Gasteiger partial charge in [0.05, 0.1) is 25.7 Å². The third kappa shape index (κ3) is 3.12. The van der Waals surface area contributed by atoms with E-state index in [-0.39, 0.29) is 5.78 Å². The van der Waals surface area contributed by atoms with Crippen molar-refractivity contribution in [2.24, 2.45) is 0 Å². The number of fused-ring (bicyclic) bond motifs is 3. The van der Waals surface area contributed by atoms with Gasteiger partial charge in [-0.25, -0.2) is 14.5 Å². The number of ether oxygens (including phenoxy) is 3. The Hall–Kier alpha value is -4.27. The minimum atomic E-state index is -0.427. The second kappa shape index (κ2) is 7.95. The van der Waals surface area contributed by atoms with Crippen LogP contribution in [0.15, 0.2) is 60.3 Å². The number of nitrogens with zero attached hydrogens (tertiary/aromatic N) is 5. The molecule has 0 unspecified atom stereocenters. The molecule has 0 amide bonds. The molecule has 0 spiro atoms. The maximum atomic E-state index is 13.2. The van der Waals surface area contributed by atoms with Crippen LogP contribution in [0, 0.1) is 0 Å². The van der Waals surface area contributed by atoms with Crippen molar-refractivity contribution in [3.8, 4) is 28.9 Å². The normalized spacial score (nSPS) is 17.2. The predicted octanol–water partition coefficient (Wildman–Crippen LogP) is 3.73. The lowest BCUT2D eigenvalue weighted by atomic mass is 9.78. The first-order valence-electron chi connectivity index (χ1n) is 11.0.